The van der Waals surface area contributed by atoms with Crippen LogP contribution < -0.4 is 0 Å². The number of H-pyrrole nitrogens is 1. The molecule has 0 spiro atoms. The van der Waals surface area contributed by atoms with E-state index in [1.807, 2.05) is 24.0 Å². The van der Waals surface area contributed by atoms with Gasteiger partial charge < -0.3 is 4.90 Å². The Hall–Kier alpha value is -2.28. The number of hydrogen-bond donors (Lipinski definition) is 1. The average Bonchev–Trinajstić information content (AvgIpc) is 3.26. The lowest BCUT2D eigenvalue weighted by molar-refractivity contribution is 0.0751. The van der Waals surface area contributed by atoms with Gasteiger partial charge in [-0.1, -0.05) is 6.42 Å². The van der Waals surface area contributed by atoms with Crippen LogP contribution >= 0.6 is 0 Å². The van der Waals surface area contributed by atoms with E-state index in [0.717, 1.165) is 31.3 Å². The summed E-state index contributed by atoms with van der Waals surface area (Å²) in [5.41, 5.74) is 0.503. The Balaban J connectivity index is 1.44. The van der Waals surface area contributed by atoms with E-state index in [0.29, 0.717) is 24.1 Å². The molecule has 1 aliphatic carbocycles. The number of aromatic amines is 1. The van der Waals surface area contributed by atoms with Gasteiger partial charge in [-0.15, -0.1) is 0 Å². The van der Waals surface area contributed by atoms with Crippen molar-refractivity contribution in [3.8, 4) is 0 Å². The fourth-order valence-corrected chi connectivity index (χ4v) is 4.84. The maximum atomic E-state index is 13.0. The van der Waals surface area contributed by atoms with Crippen molar-refractivity contribution in [2.45, 2.75) is 37.6 Å². The van der Waals surface area contributed by atoms with Gasteiger partial charge in [-0.25, -0.2) is 4.98 Å². The van der Waals surface area contributed by atoms with Crippen LogP contribution in [0.2, 0.25) is 0 Å². The first-order valence-corrected chi connectivity index (χ1v) is 9.48. The van der Waals surface area contributed by atoms with Crippen LogP contribution in [0, 0.1) is 12.8 Å². The summed E-state index contributed by atoms with van der Waals surface area (Å²) in [5, 5.41) is 7.53. The highest BCUT2D eigenvalue weighted by atomic mass is 16.2. The first kappa shape index (κ1) is 15.9. The molecule has 2 saturated heterocycles. The Bertz CT molecular complexity index is 816. The van der Waals surface area contributed by atoms with Crippen LogP contribution in [-0.4, -0.2) is 68.1 Å². The van der Waals surface area contributed by atoms with Crippen molar-refractivity contribution in [2.75, 3.05) is 26.2 Å². The number of rotatable bonds is 3. The molecule has 2 atom stereocenters. The molecule has 0 radical (unpaired) electrons. The minimum absolute atomic E-state index is 0.0642. The van der Waals surface area contributed by atoms with Crippen molar-refractivity contribution in [1.29, 1.82) is 0 Å². The molecule has 4 heterocycles. The molecule has 7 nitrogen and oxygen atoms in total. The van der Waals surface area contributed by atoms with E-state index < -0.39 is 0 Å². The van der Waals surface area contributed by atoms with E-state index in [2.05, 4.69) is 25.1 Å². The second kappa shape index (κ2) is 5.87. The number of fused-ring (bicyclic) bond motifs is 1. The van der Waals surface area contributed by atoms with Crippen molar-refractivity contribution >= 4 is 5.91 Å². The number of nitrogens with one attached hydrogen (secondary N) is 1. The molecule has 1 saturated carbocycles. The van der Waals surface area contributed by atoms with Gasteiger partial charge in [0.05, 0.1) is 11.0 Å². The highest BCUT2D eigenvalue weighted by Gasteiger charge is 2.57. The third-order valence-corrected chi connectivity index (χ3v) is 6.46. The van der Waals surface area contributed by atoms with Crippen LogP contribution in [-0.2, 0) is 5.41 Å². The minimum Gasteiger partial charge on any atom is -0.337 e. The number of amides is 1. The molecule has 1 amide bonds. The monoisotopic (exact) mass is 352 g/mol. The van der Waals surface area contributed by atoms with E-state index in [4.69, 9.17) is 0 Å². The zero-order valence-corrected chi connectivity index (χ0v) is 15.1. The Morgan fingerprint density at radius 1 is 1.31 bits per heavy atom. The molecule has 0 unspecified atom stereocenters. The van der Waals surface area contributed by atoms with E-state index in [1.165, 1.54) is 19.3 Å². The number of aryl methyl sites for hydroxylation is 1. The maximum absolute atomic E-state index is 13.0. The van der Waals surface area contributed by atoms with Crippen molar-refractivity contribution in [2.24, 2.45) is 5.92 Å². The van der Waals surface area contributed by atoms with Gasteiger partial charge in [0.1, 0.15) is 5.82 Å². The number of pyridine rings is 1. The number of likely N-dealkylation sites (tertiary alicyclic amines) is 2. The number of carbonyl (C=O) groups excluding carboxylic acids is 1. The third kappa shape index (κ3) is 2.37. The van der Waals surface area contributed by atoms with Crippen molar-refractivity contribution in [1.82, 2.24) is 30.0 Å². The van der Waals surface area contributed by atoms with Gasteiger partial charge in [-0.3, -0.25) is 19.8 Å². The third-order valence-electron chi connectivity index (χ3n) is 6.46. The second-order valence-corrected chi connectivity index (χ2v) is 8.04. The molecule has 136 valence electrons. The van der Waals surface area contributed by atoms with Gasteiger partial charge in [0.15, 0.2) is 5.82 Å². The molecule has 5 rings (SSSR count). The lowest BCUT2D eigenvalue weighted by atomic mass is 9.80. The van der Waals surface area contributed by atoms with Crippen LogP contribution in [0.5, 0.6) is 0 Å². The Morgan fingerprint density at radius 2 is 2.19 bits per heavy atom. The Labute approximate surface area is 152 Å². The van der Waals surface area contributed by atoms with Gasteiger partial charge in [0.2, 0.25) is 0 Å². The quantitative estimate of drug-likeness (QED) is 0.903. The van der Waals surface area contributed by atoms with Gasteiger partial charge >= 0.3 is 0 Å². The van der Waals surface area contributed by atoms with Crippen molar-refractivity contribution in [3.63, 3.8) is 0 Å². The number of carbonyl (C=O) groups is 1. The van der Waals surface area contributed by atoms with Crippen LogP contribution in [0.1, 0.15) is 41.3 Å². The number of hydrogen-bond acceptors (Lipinski definition) is 5. The first-order valence-electron chi connectivity index (χ1n) is 9.48. The smallest absolute Gasteiger partial charge is 0.255 e. The van der Waals surface area contributed by atoms with E-state index in [1.54, 1.807) is 12.4 Å². The molecule has 3 aliphatic rings. The SMILES string of the molecule is Cc1nc([C@]23CN(C(=O)c4cccnc4)C[C@H]2CN(C2CCC2)C3)n[nH]1. The highest BCUT2D eigenvalue weighted by molar-refractivity contribution is 5.94. The second-order valence-electron chi connectivity index (χ2n) is 8.04. The minimum atomic E-state index is -0.155. The number of aromatic nitrogens is 4. The van der Waals surface area contributed by atoms with Crippen LogP contribution in [0.15, 0.2) is 24.5 Å². The molecular formula is C19H24N6O. The predicted molar refractivity (Wildman–Crippen MR) is 95.6 cm³/mol. The summed E-state index contributed by atoms with van der Waals surface area (Å²) in [6.45, 7) is 5.39. The molecule has 3 fully saturated rings. The van der Waals surface area contributed by atoms with Crippen LogP contribution in [0.25, 0.3) is 0 Å². The van der Waals surface area contributed by atoms with Gasteiger partial charge in [0, 0.05) is 50.5 Å². The fraction of sp³-hybridized carbons (Fsp3) is 0.579. The highest BCUT2D eigenvalue weighted by Crippen LogP contribution is 2.46. The summed E-state index contributed by atoms with van der Waals surface area (Å²) in [7, 11) is 0. The molecule has 0 bridgehead atoms. The van der Waals surface area contributed by atoms with Crippen LogP contribution in [0.4, 0.5) is 0 Å². The first-order chi connectivity index (χ1) is 12.7. The number of nitrogens with zero attached hydrogens (tertiary/aromatic N) is 5. The molecule has 1 N–H and O–H groups in total. The fourth-order valence-electron chi connectivity index (χ4n) is 4.84. The topological polar surface area (TPSA) is 78.0 Å². The predicted octanol–water partition coefficient (Wildman–Crippen LogP) is 1.39. The molecule has 2 aromatic rings. The Morgan fingerprint density at radius 3 is 2.85 bits per heavy atom. The lowest BCUT2D eigenvalue weighted by Gasteiger charge is -2.36. The van der Waals surface area contributed by atoms with Gasteiger partial charge in [0.25, 0.3) is 5.91 Å². The summed E-state index contributed by atoms with van der Waals surface area (Å²) in [5.74, 6) is 2.17. The summed E-state index contributed by atoms with van der Waals surface area (Å²) in [6.07, 6.45) is 7.29. The van der Waals surface area contributed by atoms with E-state index in [9.17, 15) is 4.79 Å². The lowest BCUT2D eigenvalue weighted by Crippen LogP contribution is -2.44. The van der Waals surface area contributed by atoms with Crippen molar-refractivity contribution in [3.05, 3.63) is 41.7 Å². The molecular weight excluding hydrogens is 328 g/mol. The van der Waals surface area contributed by atoms with Crippen LogP contribution in [0.3, 0.4) is 0 Å². The summed E-state index contributed by atoms with van der Waals surface area (Å²) in [4.78, 5) is 26.3. The molecule has 7 heteroatoms. The Kier molecular flexibility index (Phi) is 3.60. The molecule has 2 aliphatic heterocycles. The summed E-state index contributed by atoms with van der Waals surface area (Å²) < 4.78 is 0. The zero-order chi connectivity index (χ0) is 17.7. The molecule has 0 aromatic carbocycles. The summed E-state index contributed by atoms with van der Waals surface area (Å²) >= 11 is 0. The maximum Gasteiger partial charge on any atom is 0.255 e. The van der Waals surface area contributed by atoms with E-state index in [-0.39, 0.29) is 11.3 Å². The van der Waals surface area contributed by atoms with Gasteiger partial charge in [-0.2, -0.15) is 5.10 Å². The zero-order valence-electron chi connectivity index (χ0n) is 15.1. The van der Waals surface area contributed by atoms with Gasteiger partial charge in [-0.05, 0) is 31.9 Å². The van der Waals surface area contributed by atoms with E-state index >= 15 is 0 Å². The average molecular weight is 352 g/mol. The molecule has 2 aromatic heterocycles. The summed E-state index contributed by atoms with van der Waals surface area (Å²) in [6, 6.07) is 4.37. The largest absolute Gasteiger partial charge is 0.337 e. The van der Waals surface area contributed by atoms with Crippen molar-refractivity contribution < 1.29 is 4.79 Å². The normalized spacial score (nSPS) is 29.0. The standard InChI is InChI=1S/C19H24N6O/c1-13-21-18(23-22-13)19-11-24(16-5-2-6-16)9-15(19)10-25(12-19)17(26)14-4-3-7-20-8-14/h3-4,7-8,15-16H,2,5-6,9-12H2,1H3,(H,21,22,23)/t15-,19-/m1/s1. The molecule has 26 heavy (non-hydrogen) atoms.